The summed E-state index contributed by atoms with van der Waals surface area (Å²) in [7, 11) is 0. The summed E-state index contributed by atoms with van der Waals surface area (Å²) in [5.74, 6) is 1.17. The maximum absolute atomic E-state index is 12.7. The van der Waals surface area contributed by atoms with E-state index >= 15 is 0 Å². The Morgan fingerprint density at radius 2 is 2.16 bits per heavy atom. The summed E-state index contributed by atoms with van der Waals surface area (Å²) in [5.41, 5.74) is 2.90. The van der Waals surface area contributed by atoms with Crippen molar-refractivity contribution in [2.24, 2.45) is 0 Å². The van der Waals surface area contributed by atoms with E-state index in [0.29, 0.717) is 6.61 Å². The van der Waals surface area contributed by atoms with Gasteiger partial charge in [0.05, 0.1) is 28.2 Å². The van der Waals surface area contributed by atoms with Crippen LogP contribution in [0.25, 0.3) is 0 Å². The van der Waals surface area contributed by atoms with E-state index in [9.17, 15) is 4.79 Å². The Kier molecular flexibility index (Phi) is 4.60. The Morgan fingerprint density at radius 3 is 2.88 bits per heavy atom. The van der Waals surface area contributed by atoms with Gasteiger partial charge in [-0.3, -0.25) is 4.79 Å². The van der Waals surface area contributed by atoms with Crippen molar-refractivity contribution in [1.82, 2.24) is 9.88 Å². The van der Waals surface area contributed by atoms with E-state index < -0.39 is 0 Å². The van der Waals surface area contributed by atoms with Crippen molar-refractivity contribution in [3.05, 3.63) is 51.5 Å². The van der Waals surface area contributed by atoms with E-state index in [0.717, 1.165) is 47.1 Å². The summed E-state index contributed by atoms with van der Waals surface area (Å²) in [6, 6.07) is 7.83. The van der Waals surface area contributed by atoms with Crippen molar-refractivity contribution in [1.29, 1.82) is 0 Å². The van der Waals surface area contributed by atoms with Crippen molar-refractivity contribution in [2.45, 2.75) is 37.7 Å². The Balaban J connectivity index is 1.30. The molecule has 0 N–H and O–H groups in total. The van der Waals surface area contributed by atoms with Gasteiger partial charge in [-0.05, 0) is 31.9 Å². The second kappa shape index (κ2) is 6.74. The highest BCUT2D eigenvalue weighted by molar-refractivity contribution is 8.01. The number of aromatic nitrogens is 1. The minimum atomic E-state index is 0.159. The van der Waals surface area contributed by atoms with Crippen molar-refractivity contribution in [3.63, 3.8) is 0 Å². The Hall–Kier alpha value is -1.37. The van der Waals surface area contributed by atoms with Gasteiger partial charge in [-0.15, -0.1) is 23.1 Å². The molecule has 6 heteroatoms. The molecule has 1 aromatic heterocycles. The highest BCUT2D eigenvalue weighted by atomic mass is 32.2. The highest BCUT2D eigenvalue weighted by Crippen LogP contribution is 2.46. The molecule has 1 spiro atoms. The fourth-order valence-electron chi connectivity index (χ4n) is 3.58. The number of hydrogen-bond acceptors (Lipinski definition) is 5. The summed E-state index contributed by atoms with van der Waals surface area (Å²) in [6.07, 6.45) is 1.29. The van der Waals surface area contributed by atoms with Crippen molar-refractivity contribution < 1.29 is 9.53 Å². The first-order chi connectivity index (χ1) is 12.0. The minimum absolute atomic E-state index is 0.159. The number of carbonyl (C=O) groups is 1. The van der Waals surface area contributed by atoms with Crippen molar-refractivity contribution >= 4 is 29.0 Å². The van der Waals surface area contributed by atoms with Crippen LogP contribution in [0.15, 0.2) is 29.6 Å². The number of benzene rings is 1. The van der Waals surface area contributed by atoms with Gasteiger partial charge in [-0.25, -0.2) is 4.98 Å². The van der Waals surface area contributed by atoms with Gasteiger partial charge in [0.2, 0.25) is 0 Å². The van der Waals surface area contributed by atoms with Crippen LogP contribution >= 0.6 is 23.1 Å². The molecule has 3 heterocycles. The largest absolute Gasteiger partial charge is 0.371 e. The van der Waals surface area contributed by atoms with Crippen molar-refractivity contribution in [3.8, 4) is 0 Å². The summed E-state index contributed by atoms with van der Waals surface area (Å²) < 4.78 is 6.25. The molecule has 4 rings (SSSR count). The molecule has 25 heavy (non-hydrogen) atoms. The first kappa shape index (κ1) is 17.1. The molecule has 2 aromatic rings. The molecule has 0 unspecified atom stereocenters. The van der Waals surface area contributed by atoms with E-state index in [1.807, 2.05) is 54.8 Å². The Labute approximate surface area is 156 Å². The fraction of sp³-hybridized carbons (Fsp3) is 0.474. The van der Waals surface area contributed by atoms with E-state index in [2.05, 4.69) is 10.4 Å². The normalized spacial score (nSPS) is 21.5. The van der Waals surface area contributed by atoms with Crippen LogP contribution < -0.4 is 0 Å². The number of rotatable bonds is 4. The summed E-state index contributed by atoms with van der Waals surface area (Å²) in [5, 5.41) is 3.15. The van der Waals surface area contributed by atoms with Crippen LogP contribution in [0.1, 0.15) is 33.0 Å². The van der Waals surface area contributed by atoms with Gasteiger partial charge in [0.25, 0.3) is 5.91 Å². The quantitative estimate of drug-likeness (QED) is 0.819. The third-order valence-corrected chi connectivity index (χ3v) is 7.33. The number of ether oxygens (including phenoxy) is 1. The lowest BCUT2D eigenvalue weighted by Gasteiger charge is -2.47. The molecule has 0 bridgehead atoms. The van der Waals surface area contributed by atoms with Gasteiger partial charge in [0.15, 0.2) is 0 Å². The van der Waals surface area contributed by atoms with Crippen LogP contribution in [0.2, 0.25) is 0 Å². The molecule has 0 aliphatic carbocycles. The third-order valence-electron chi connectivity index (χ3n) is 4.93. The monoisotopic (exact) mass is 374 g/mol. The smallest absolute Gasteiger partial charge is 0.254 e. The average Bonchev–Trinajstić information content (AvgIpc) is 3.18. The van der Waals surface area contributed by atoms with Gasteiger partial charge >= 0.3 is 0 Å². The predicted molar refractivity (Wildman–Crippen MR) is 102 cm³/mol. The van der Waals surface area contributed by atoms with Crippen LogP contribution in [0.5, 0.6) is 0 Å². The Bertz CT molecular complexity index is 783. The van der Waals surface area contributed by atoms with Crippen LogP contribution in [-0.2, 0) is 11.3 Å². The van der Waals surface area contributed by atoms with E-state index in [4.69, 9.17) is 4.74 Å². The van der Waals surface area contributed by atoms with Crippen molar-refractivity contribution in [2.75, 3.05) is 18.8 Å². The van der Waals surface area contributed by atoms with E-state index in [1.54, 1.807) is 11.3 Å². The third kappa shape index (κ3) is 3.48. The lowest BCUT2D eigenvalue weighted by molar-refractivity contribution is 0.0246. The lowest BCUT2D eigenvalue weighted by atomic mass is 9.91. The molecule has 0 radical (unpaired) electrons. The molecule has 132 valence electrons. The van der Waals surface area contributed by atoms with Crippen LogP contribution in [0.4, 0.5) is 0 Å². The van der Waals surface area contributed by atoms with Crippen LogP contribution in [0.3, 0.4) is 0 Å². The fourth-order valence-corrected chi connectivity index (χ4v) is 5.73. The molecule has 2 aliphatic heterocycles. The summed E-state index contributed by atoms with van der Waals surface area (Å²) >= 11 is 3.63. The molecular weight excluding hydrogens is 352 g/mol. The number of thiazole rings is 1. The molecule has 1 aromatic carbocycles. The first-order valence-electron chi connectivity index (χ1n) is 8.56. The number of hydrogen-bond donors (Lipinski definition) is 0. The highest BCUT2D eigenvalue weighted by Gasteiger charge is 2.51. The molecular formula is C19H22N2O2S2. The Morgan fingerprint density at radius 1 is 1.36 bits per heavy atom. The first-order valence-corrected chi connectivity index (χ1v) is 10.4. The van der Waals surface area contributed by atoms with Crippen LogP contribution in [-0.4, -0.2) is 45.5 Å². The molecule has 0 saturated carbocycles. The molecule has 2 saturated heterocycles. The predicted octanol–water partition coefficient (Wildman–Crippen LogP) is 3.68. The number of aryl methyl sites for hydroxylation is 2. The second-order valence-corrected chi connectivity index (χ2v) is 9.52. The summed E-state index contributed by atoms with van der Waals surface area (Å²) in [4.78, 5) is 19.1. The summed E-state index contributed by atoms with van der Waals surface area (Å²) in [6.45, 7) is 6.28. The van der Waals surface area contributed by atoms with Gasteiger partial charge in [0.1, 0.15) is 0 Å². The average molecular weight is 375 g/mol. The molecule has 1 atom stereocenters. The van der Waals surface area contributed by atoms with Crippen LogP contribution in [0, 0.1) is 13.8 Å². The van der Waals surface area contributed by atoms with E-state index in [-0.39, 0.29) is 16.8 Å². The van der Waals surface area contributed by atoms with Gasteiger partial charge in [-0.1, -0.05) is 18.2 Å². The standard InChI is InChI=1S/C19H22N2O2S2/c1-13-5-3-4-6-17(13)18(22)21-11-19(12-21)7-16(10-25-19)23-8-15-9-24-14(2)20-15/h3-6,9,16H,7-8,10-12H2,1-2H3/t16-/m1/s1. The van der Waals surface area contributed by atoms with Gasteiger partial charge in [-0.2, -0.15) is 0 Å². The number of thioether (sulfide) groups is 1. The maximum Gasteiger partial charge on any atom is 0.254 e. The zero-order valence-electron chi connectivity index (χ0n) is 14.5. The van der Waals surface area contributed by atoms with E-state index in [1.165, 1.54) is 0 Å². The number of amides is 1. The molecule has 4 nitrogen and oxygen atoms in total. The topological polar surface area (TPSA) is 42.4 Å². The number of carbonyl (C=O) groups excluding carboxylic acids is 1. The zero-order valence-corrected chi connectivity index (χ0v) is 16.2. The molecule has 2 aliphatic rings. The number of nitrogens with zero attached hydrogens (tertiary/aromatic N) is 2. The number of likely N-dealkylation sites (tertiary alicyclic amines) is 1. The second-order valence-electron chi connectivity index (χ2n) is 6.97. The maximum atomic E-state index is 12.7. The SMILES string of the molecule is Cc1nc(CO[C@H]2CSC3(C2)CN(C(=O)c2ccccc2C)C3)cs1. The van der Waals surface area contributed by atoms with Gasteiger partial charge in [0, 0.05) is 29.8 Å². The van der Waals surface area contributed by atoms with Gasteiger partial charge < -0.3 is 9.64 Å². The molecule has 1 amide bonds. The molecule has 2 fully saturated rings. The lowest BCUT2D eigenvalue weighted by Crippen LogP contribution is -2.60. The zero-order chi connectivity index (χ0) is 17.4. The minimum Gasteiger partial charge on any atom is -0.371 e.